The van der Waals surface area contributed by atoms with Crippen molar-refractivity contribution in [2.24, 2.45) is 5.92 Å². The average molecular weight is 266 g/mol. The molecule has 0 radical (unpaired) electrons. The zero-order chi connectivity index (χ0) is 13.1. The van der Waals surface area contributed by atoms with Gasteiger partial charge in [0.15, 0.2) is 0 Å². The summed E-state index contributed by atoms with van der Waals surface area (Å²) in [7, 11) is 0. The number of carbonyl (C=O) groups is 1. The van der Waals surface area contributed by atoms with Crippen LogP contribution in [0.1, 0.15) is 45.3 Å². The van der Waals surface area contributed by atoms with Gasteiger partial charge in [-0.05, 0) is 41.1 Å². The first-order chi connectivity index (χ1) is 8.63. The van der Waals surface area contributed by atoms with Crippen molar-refractivity contribution in [1.82, 2.24) is 10.2 Å². The van der Waals surface area contributed by atoms with Gasteiger partial charge >= 0.3 is 0 Å². The van der Waals surface area contributed by atoms with E-state index >= 15 is 0 Å². The number of carbonyl (C=O) groups excluding carboxylic acids is 1. The molecular weight excluding hydrogens is 244 g/mol. The van der Waals surface area contributed by atoms with Crippen LogP contribution in [0.15, 0.2) is 16.8 Å². The van der Waals surface area contributed by atoms with Gasteiger partial charge in [0.05, 0.1) is 6.04 Å². The van der Waals surface area contributed by atoms with Crippen molar-refractivity contribution in [3.05, 3.63) is 22.4 Å². The summed E-state index contributed by atoms with van der Waals surface area (Å²) in [6.07, 6.45) is 2.00. The molecule has 1 aliphatic heterocycles. The topological polar surface area (TPSA) is 32.3 Å². The van der Waals surface area contributed by atoms with Gasteiger partial charge in [-0.3, -0.25) is 10.1 Å². The van der Waals surface area contributed by atoms with Gasteiger partial charge in [0, 0.05) is 6.54 Å². The molecule has 1 fully saturated rings. The molecule has 0 aromatic carbocycles. The molecule has 1 aliphatic rings. The lowest BCUT2D eigenvalue weighted by molar-refractivity contribution is -0.130. The number of thiophene rings is 1. The van der Waals surface area contributed by atoms with Crippen molar-refractivity contribution < 1.29 is 4.79 Å². The Morgan fingerprint density at radius 2 is 2.28 bits per heavy atom. The van der Waals surface area contributed by atoms with Crippen LogP contribution in [0, 0.1) is 5.92 Å². The molecule has 18 heavy (non-hydrogen) atoms. The minimum absolute atomic E-state index is 0.0125. The van der Waals surface area contributed by atoms with Crippen LogP contribution in [-0.2, 0) is 4.79 Å². The lowest BCUT2D eigenvalue weighted by atomic mass is 10.0. The van der Waals surface area contributed by atoms with E-state index in [1.54, 1.807) is 11.3 Å². The van der Waals surface area contributed by atoms with E-state index in [0.29, 0.717) is 5.92 Å². The summed E-state index contributed by atoms with van der Waals surface area (Å²) < 4.78 is 0. The number of amides is 1. The maximum Gasteiger partial charge on any atom is 0.241 e. The molecule has 1 amide bonds. The fraction of sp³-hybridized carbons (Fsp3) is 0.643. The Bertz CT molecular complexity index is 389. The minimum Gasteiger partial charge on any atom is -0.322 e. The van der Waals surface area contributed by atoms with Gasteiger partial charge in [0.25, 0.3) is 0 Å². The first-order valence-corrected chi connectivity index (χ1v) is 7.66. The van der Waals surface area contributed by atoms with E-state index in [1.807, 2.05) is 4.90 Å². The Hall–Kier alpha value is -0.870. The van der Waals surface area contributed by atoms with E-state index in [1.165, 1.54) is 5.56 Å². The van der Waals surface area contributed by atoms with Crippen LogP contribution in [-0.4, -0.2) is 23.4 Å². The summed E-state index contributed by atoms with van der Waals surface area (Å²) in [5.74, 6) is 0.804. The third-order valence-corrected chi connectivity index (χ3v) is 3.98. The third kappa shape index (κ3) is 2.75. The highest BCUT2D eigenvalue weighted by Crippen LogP contribution is 2.29. The van der Waals surface area contributed by atoms with Crippen LogP contribution in [0.4, 0.5) is 0 Å². The van der Waals surface area contributed by atoms with Crippen LogP contribution >= 0.6 is 11.3 Å². The fourth-order valence-corrected chi connectivity index (χ4v) is 3.19. The first-order valence-electron chi connectivity index (χ1n) is 6.72. The Balaban J connectivity index is 2.15. The summed E-state index contributed by atoms with van der Waals surface area (Å²) in [4.78, 5) is 14.4. The van der Waals surface area contributed by atoms with E-state index in [-0.39, 0.29) is 18.1 Å². The van der Waals surface area contributed by atoms with Gasteiger partial charge in [-0.15, -0.1) is 0 Å². The van der Waals surface area contributed by atoms with Crippen molar-refractivity contribution >= 4 is 17.2 Å². The number of nitrogens with zero attached hydrogens (tertiary/aromatic N) is 1. The highest BCUT2D eigenvalue weighted by molar-refractivity contribution is 7.07. The quantitative estimate of drug-likeness (QED) is 0.888. The molecule has 1 N–H and O–H groups in total. The van der Waals surface area contributed by atoms with Gasteiger partial charge in [-0.1, -0.05) is 20.8 Å². The van der Waals surface area contributed by atoms with Gasteiger partial charge in [0.1, 0.15) is 6.17 Å². The molecule has 2 atom stereocenters. The maximum absolute atomic E-state index is 12.4. The van der Waals surface area contributed by atoms with E-state index in [4.69, 9.17) is 0 Å². The smallest absolute Gasteiger partial charge is 0.241 e. The molecule has 100 valence electrons. The molecule has 0 saturated carbocycles. The number of hydrogen-bond acceptors (Lipinski definition) is 3. The molecule has 0 aliphatic carbocycles. The molecule has 2 rings (SSSR count). The normalized spacial score (nSPS) is 24.2. The summed E-state index contributed by atoms with van der Waals surface area (Å²) in [6.45, 7) is 7.28. The van der Waals surface area contributed by atoms with Crippen molar-refractivity contribution in [2.45, 2.75) is 45.8 Å². The van der Waals surface area contributed by atoms with Crippen LogP contribution in [0.3, 0.4) is 0 Å². The Morgan fingerprint density at radius 3 is 2.83 bits per heavy atom. The predicted octanol–water partition coefficient (Wildman–Crippen LogP) is 3.00. The highest BCUT2D eigenvalue weighted by Gasteiger charge is 2.39. The minimum atomic E-state index is -0.0125. The van der Waals surface area contributed by atoms with Crippen LogP contribution in [0.25, 0.3) is 0 Å². The standard InChI is InChI=1S/C14H22N2OS/c1-4-6-16-13(11-5-7-18-9-11)15-12(14(16)17)8-10(2)3/h5,7,9-10,12-13,15H,4,6,8H2,1-3H3. The molecule has 0 bridgehead atoms. The molecule has 3 nitrogen and oxygen atoms in total. The van der Waals surface area contributed by atoms with E-state index in [9.17, 15) is 4.79 Å². The van der Waals surface area contributed by atoms with Crippen LogP contribution < -0.4 is 5.32 Å². The van der Waals surface area contributed by atoms with Crippen molar-refractivity contribution in [3.8, 4) is 0 Å². The second-order valence-electron chi connectivity index (χ2n) is 5.34. The molecule has 1 aromatic heterocycles. The van der Waals surface area contributed by atoms with Crippen molar-refractivity contribution in [2.75, 3.05) is 6.54 Å². The highest BCUT2D eigenvalue weighted by atomic mass is 32.1. The largest absolute Gasteiger partial charge is 0.322 e. The summed E-state index contributed by atoms with van der Waals surface area (Å²) in [6, 6.07) is 2.09. The lowest BCUT2D eigenvalue weighted by Gasteiger charge is -2.22. The van der Waals surface area contributed by atoms with Gasteiger partial charge in [-0.25, -0.2) is 0 Å². The second kappa shape index (κ2) is 5.85. The molecular formula is C14H22N2OS. The number of nitrogens with one attached hydrogen (secondary N) is 1. The molecule has 0 spiro atoms. The summed E-state index contributed by atoms with van der Waals surface area (Å²) in [5.41, 5.74) is 1.22. The number of rotatable bonds is 5. The average Bonchev–Trinajstić information content (AvgIpc) is 2.91. The second-order valence-corrected chi connectivity index (χ2v) is 6.12. The fourth-order valence-electron chi connectivity index (χ4n) is 2.51. The van der Waals surface area contributed by atoms with Crippen LogP contribution in [0.2, 0.25) is 0 Å². The zero-order valence-corrected chi connectivity index (χ0v) is 12.2. The molecule has 2 unspecified atom stereocenters. The molecule has 1 saturated heterocycles. The molecule has 4 heteroatoms. The Kier molecular flexibility index (Phi) is 4.40. The van der Waals surface area contributed by atoms with Crippen molar-refractivity contribution in [3.63, 3.8) is 0 Å². The predicted molar refractivity (Wildman–Crippen MR) is 75.4 cm³/mol. The van der Waals surface area contributed by atoms with Crippen molar-refractivity contribution in [1.29, 1.82) is 0 Å². The zero-order valence-electron chi connectivity index (χ0n) is 11.3. The Morgan fingerprint density at radius 1 is 1.50 bits per heavy atom. The molecule has 2 heterocycles. The lowest BCUT2D eigenvalue weighted by Crippen LogP contribution is -2.32. The summed E-state index contributed by atoms with van der Waals surface area (Å²) in [5, 5.41) is 7.69. The van der Waals surface area contributed by atoms with Gasteiger partial charge in [-0.2, -0.15) is 11.3 Å². The van der Waals surface area contributed by atoms with Gasteiger partial charge < -0.3 is 4.90 Å². The maximum atomic E-state index is 12.4. The SMILES string of the molecule is CCCN1C(=O)C(CC(C)C)NC1c1ccsc1. The molecule has 1 aromatic rings. The third-order valence-electron chi connectivity index (χ3n) is 3.28. The first kappa shape index (κ1) is 13.6. The summed E-state index contributed by atoms with van der Waals surface area (Å²) >= 11 is 1.68. The Labute approximate surface area is 113 Å². The van der Waals surface area contributed by atoms with Gasteiger partial charge in [0.2, 0.25) is 5.91 Å². The number of hydrogen-bond donors (Lipinski definition) is 1. The monoisotopic (exact) mass is 266 g/mol. The van der Waals surface area contributed by atoms with E-state index < -0.39 is 0 Å². The van der Waals surface area contributed by atoms with E-state index in [0.717, 1.165) is 19.4 Å². The van der Waals surface area contributed by atoms with E-state index in [2.05, 4.69) is 42.9 Å². The van der Waals surface area contributed by atoms with Crippen LogP contribution in [0.5, 0.6) is 0 Å².